The Morgan fingerprint density at radius 1 is 1.38 bits per heavy atom. The van der Waals surface area contributed by atoms with Gasteiger partial charge in [-0.3, -0.25) is 4.79 Å². The molecular weight excluding hydrogens is 322 g/mol. The van der Waals surface area contributed by atoms with Crippen molar-refractivity contribution in [3.8, 4) is 5.75 Å². The molecule has 0 radical (unpaired) electrons. The van der Waals surface area contributed by atoms with Gasteiger partial charge in [-0.05, 0) is 37.7 Å². The summed E-state index contributed by atoms with van der Waals surface area (Å²) in [6.07, 6.45) is 2.13. The molecule has 0 spiro atoms. The molecule has 0 aliphatic rings. The largest absolute Gasteiger partial charge is 0.492 e. The number of rotatable bonds is 8. The lowest BCUT2D eigenvalue weighted by Gasteiger charge is -2.11. The highest BCUT2D eigenvalue weighted by molar-refractivity contribution is 7.15. The molecule has 5 nitrogen and oxygen atoms in total. The topological polar surface area (TPSA) is 54.5 Å². The van der Waals surface area contributed by atoms with Gasteiger partial charge in [-0.2, -0.15) is 0 Å². The standard InChI is InChI=1S/C18H25N3O2S/c1-13(2)16-12-19-18(24-16)20-17(22)11-14-6-5-7-15(10-14)23-9-8-21(3)4/h5-7,10,12-13H,8-9,11H2,1-4H3,(H,19,20,22). The minimum absolute atomic E-state index is 0.0647. The summed E-state index contributed by atoms with van der Waals surface area (Å²) in [6, 6.07) is 7.66. The number of benzene rings is 1. The fourth-order valence-corrected chi connectivity index (χ4v) is 2.89. The summed E-state index contributed by atoms with van der Waals surface area (Å²) in [5.74, 6) is 1.15. The Kier molecular flexibility index (Phi) is 6.75. The van der Waals surface area contributed by atoms with Gasteiger partial charge in [0, 0.05) is 17.6 Å². The highest BCUT2D eigenvalue weighted by Crippen LogP contribution is 2.25. The van der Waals surface area contributed by atoms with Crippen molar-refractivity contribution >= 4 is 22.4 Å². The number of likely N-dealkylation sites (N-methyl/N-ethyl adjacent to an activating group) is 1. The first-order valence-corrected chi connectivity index (χ1v) is 8.87. The van der Waals surface area contributed by atoms with Crippen LogP contribution in [-0.4, -0.2) is 43.0 Å². The monoisotopic (exact) mass is 347 g/mol. The van der Waals surface area contributed by atoms with Crippen LogP contribution in [0.25, 0.3) is 0 Å². The second-order valence-corrected chi connectivity index (χ2v) is 7.31. The number of anilines is 1. The number of ether oxygens (including phenoxy) is 1. The fourth-order valence-electron chi connectivity index (χ4n) is 2.05. The van der Waals surface area contributed by atoms with Crippen LogP contribution in [0.2, 0.25) is 0 Å². The molecule has 24 heavy (non-hydrogen) atoms. The summed E-state index contributed by atoms with van der Waals surface area (Å²) in [6.45, 7) is 5.70. The molecule has 2 aromatic rings. The third kappa shape index (κ3) is 5.94. The Labute approximate surface area is 147 Å². The summed E-state index contributed by atoms with van der Waals surface area (Å²) in [4.78, 5) is 19.7. The van der Waals surface area contributed by atoms with Crippen molar-refractivity contribution in [1.29, 1.82) is 0 Å². The van der Waals surface area contributed by atoms with Crippen LogP contribution in [0.5, 0.6) is 5.75 Å². The van der Waals surface area contributed by atoms with Crippen molar-refractivity contribution in [2.75, 3.05) is 32.6 Å². The Bertz CT molecular complexity index is 668. The maximum absolute atomic E-state index is 12.2. The molecule has 0 bridgehead atoms. The maximum atomic E-state index is 12.2. The van der Waals surface area contributed by atoms with Gasteiger partial charge in [-0.25, -0.2) is 4.98 Å². The first-order valence-electron chi connectivity index (χ1n) is 8.06. The Morgan fingerprint density at radius 2 is 2.17 bits per heavy atom. The van der Waals surface area contributed by atoms with Crippen LogP contribution >= 0.6 is 11.3 Å². The molecule has 0 saturated heterocycles. The average molecular weight is 347 g/mol. The average Bonchev–Trinajstić information content (AvgIpc) is 2.96. The molecule has 0 aliphatic heterocycles. The number of aromatic nitrogens is 1. The van der Waals surface area contributed by atoms with Gasteiger partial charge in [0.2, 0.25) is 5.91 Å². The number of thiazole rings is 1. The molecule has 1 aromatic carbocycles. The predicted molar refractivity (Wildman–Crippen MR) is 99.0 cm³/mol. The molecule has 130 valence electrons. The van der Waals surface area contributed by atoms with E-state index in [-0.39, 0.29) is 5.91 Å². The number of hydrogen-bond donors (Lipinski definition) is 1. The van der Waals surface area contributed by atoms with Crippen LogP contribution in [0.15, 0.2) is 30.5 Å². The van der Waals surface area contributed by atoms with E-state index >= 15 is 0 Å². The molecule has 1 amide bonds. The van der Waals surface area contributed by atoms with Gasteiger partial charge in [0.15, 0.2) is 5.13 Å². The third-order valence-electron chi connectivity index (χ3n) is 3.41. The molecular formula is C18H25N3O2S. The van der Waals surface area contributed by atoms with Crippen LogP contribution in [0, 0.1) is 0 Å². The maximum Gasteiger partial charge on any atom is 0.230 e. The molecule has 0 saturated carbocycles. The lowest BCUT2D eigenvalue weighted by atomic mass is 10.1. The van der Waals surface area contributed by atoms with E-state index in [1.54, 1.807) is 0 Å². The normalized spacial score (nSPS) is 11.1. The molecule has 0 atom stereocenters. The minimum atomic E-state index is -0.0647. The number of nitrogens with one attached hydrogen (secondary N) is 1. The van der Waals surface area contributed by atoms with Gasteiger partial charge in [0.25, 0.3) is 0 Å². The molecule has 0 aliphatic carbocycles. The third-order valence-corrected chi connectivity index (χ3v) is 4.62. The van der Waals surface area contributed by atoms with E-state index < -0.39 is 0 Å². The van der Waals surface area contributed by atoms with Crippen LogP contribution in [0.3, 0.4) is 0 Å². The van der Waals surface area contributed by atoms with Crippen molar-refractivity contribution in [1.82, 2.24) is 9.88 Å². The van der Waals surface area contributed by atoms with Crippen LogP contribution in [0.1, 0.15) is 30.2 Å². The zero-order chi connectivity index (χ0) is 17.5. The minimum Gasteiger partial charge on any atom is -0.492 e. The first-order chi connectivity index (χ1) is 11.4. The van der Waals surface area contributed by atoms with Crippen LogP contribution in [-0.2, 0) is 11.2 Å². The summed E-state index contributed by atoms with van der Waals surface area (Å²) in [5, 5.41) is 3.52. The van der Waals surface area contributed by atoms with Crippen molar-refractivity contribution in [2.24, 2.45) is 0 Å². The second kappa shape index (κ2) is 8.80. The Balaban J connectivity index is 1.88. The molecule has 2 rings (SSSR count). The Morgan fingerprint density at radius 3 is 2.83 bits per heavy atom. The Hall–Kier alpha value is -1.92. The van der Waals surface area contributed by atoms with E-state index in [1.807, 2.05) is 44.6 Å². The zero-order valence-electron chi connectivity index (χ0n) is 14.7. The lowest BCUT2D eigenvalue weighted by molar-refractivity contribution is -0.115. The van der Waals surface area contributed by atoms with Crippen molar-refractivity contribution in [3.05, 3.63) is 40.9 Å². The van der Waals surface area contributed by atoms with E-state index in [0.29, 0.717) is 24.1 Å². The van der Waals surface area contributed by atoms with Gasteiger partial charge in [0.1, 0.15) is 12.4 Å². The summed E-state index contributed by atoms with van der Waals surface area (Å²) >= 11 is 1.52. The highest BCUT2D eigenvalue weighted by atomic mass is 32.1. The van der Waals surface area contributed by atoms with Gasteiger partial charge in [-0.1, -0.05) is 26.0 Å². The zero-order valence-corrected chi connectivity index (χ0v) is 15.5. The van der Waals surface area contributed by atoms with Gasteiger partial charge >= 0.3 is 0 Å². The number of carbonyl (C=O) groups excluding carboxylic acids is 1. The van der Waals surface area contributed by atoms with Crippen LogP contribution < -0.4 is 10.1 Å². The highest BCUT2D eigenvalue weighted by Gasteiger charge is 2.10. The lowest BCUT2D eigenvalue weighted by Crippen LogP contribution is -2.19. The summed E-state index contributed by atoms with van der Waals surface area (Å²) in [5.41, 5.74) is 0.926. The van der Waals surface area contributed by atoms with Crippen molar-refractivity contribution in [2.45, 2.75) is 26.2 Å². The van der Waals surface area contributed by atoms with Crippen molar-refractivity contribution in [3.63, 3.8) is 0 Å². The van der Waals surface area contributed by atoms with E-state index in [0.717, 1.165) is 17.9 Å². The summed E-state index contributed by atoms with van der Waals surface area (Å²) in [7, 11) is 4.01. The fraction of sp³-hybridized carbons (Fsp3) is 0.444. The van der Waals surface area contributed by atoms with E-state index in [2.05, 4.69) is 29.0 Å². The van der Waals surface area contributed by atoms with Gasteiger partial charge in [0.05, 0.1) is 6.42 Å². The van der Waals surface area contributed by atoms with Gasteiger partial charge < -0.3 is 15.0 Å². The van der Waals surface area contributed by atoms with Crippen molar-refractivity contribution < 1.29 is 9.53 Å². The quantitative estimate of drug-likeness (QED) is 0.795. The van der Waals surface area contributed by atoms with Gasteiger partial charge in [-0.15, -0.1) is 11.3 Å². The number of amides is 1. The predicted octanol–water partition coefficient (Wildman–Crippen LogP) is 3.39. The number of carbonyl (C=O) groups is 1. The summed E-state index contributed by atoms with van der Waals surface area (Å²) < 4.78 is 5.70. The molecule has 1 heterocycles. The van der Waals surface area contributed by atoms with E-state index in [9.17, 15) is 4.79 Å². The van der Waals surface area contributed by atoms with E-state index in [1.165, 1.54) is 16.2 Å². The number of nitrogens with zero attached hydrogens (tertiary/aromatic N) is 2. The second-order valence-electron chi connectivity index (χ2n) is 6.25. The smallest absolute Gasteiger partial charge is 0.230 e. The molecule has 6 heteroatoms. The van der Waals surface area contributed by atoms with E-state index in [4.69, 9.17) is 4.74 Å². The SMILES string of the molecule is CC(C)c1cnc(NC(=O)Cc2cccc(OCCN(C)C)c2)s1. The molecule has 0 unspecified atom stereocenters. The molecule has 0 fully saturated rings. The number of hydrogen-bond acceptors (Lipinski definition) is 5. The molecule has 1 aromatic heterocycles. The molecule has 1 N–H and O–H groups in total. The van der Waals surface area contributed by atoms with Crippen LogP contribution in [0.4, 0.5) is 5.13 Å². The first kappa shape index (κ1) is 18.4.